The number of aromatic nitrogens is 2. The van der Waals surface area contributed by atoms with Crippen LogP contribution in [0.3, 0.4) is 0 Å². The molecule has 2 amide bonds. The number of rotatable bonds is 2. The summed E-state index contributed by atoms with van der Waals surface area (Å²) >= 11 is 0. The zero-order chi connectivity index (χ0) is 18.6. The van der Waals surface area contributed by atoms with Crippen LogP contribution in [0.2, 0.25) is 0 Å². The highest BCUT2D eigenvalue weighted by Gasteiger charge is 2.54. The van der Waals surface area contributed by atoms with E-state index in [1.54, 1.807) is 10.9 Å². The van der Waals surface area contributed by atoms with Crippen LogP contribution in [0.25, 0.3) is 5.69 Å². The van der Waals surface area contributed by atoms with Crippen LogP contribution in [-0.2, 0) is 21.4 Å². The summed E-state index contributed by atoms with van der Waals surface area (Å²) in [6.45, 7) is 2.10. The molecule has 3 aromatic rings. The molecular weight excluding hydrogens is 340 g/mol. The zero-order valence-electron chi connectivity index (χ0n) is 14.8. The summed E-state index contributed by atoms with van der Waals surface area (Å²) in [6, 6.07) is 15.6. The Hall–Kier alpha value is -3.41. The number of hydrogen-bond acceptors (Lipinski definition) is 3. The predicted octanol–water partition coefficient (Wildman–Crippen LogP) is 3.02. The van der Waals surface area contributed by atoms with E-state index in [9.17, 15) is 9.59 Å². The normalized spacial score (nSPS) is 20.2. The highest BCUT2D eigenvalue weighted by atomic mass is 16.2. The van der Waals surface area contributed by atoms with Crippen molar-refractivity contribution in [3.63, 3.8) is 0 Å². The molecule has 2 aromatic carbocycles. The maximum absolute atomic E-state index is 13.0. The van der Waals surface area contributed by atoms with Crippen LogP contribution in [0.1, 0.15) is 30.0 Å². The van der Waals surface area contributed by atoms with E-state index in [0.29, 0.717) is 5.82 Å². The molecular formula is C21H18N4O2. The van der Waals surface area contributed by atoms with Crippen LogP contribution in [-0.4, -0.2) is 21.6 Å². The van der Waals surface area contributed by atoms with E-state index in [1.807, 2.05) is 48.5 Å². The van der Waals surface area contributed by atoms with Crippen molar-refractivity contribution in [3.8, 4) is 5.69 Å². The first-order valence-electron chi connectivity index (χ1n) is 9.02. The maximum Gasteiger partial charge on any atom is 0.240 e. The largest absolute Gasteiger partial charge is 0.325 e. The topological polar surface area (TPSA) is 76.0 Å². The summed E-state index contributed by atoms with van der Waals surface area (Å²) in [5.74, 6) is 0.185. The van der Waals surface area contributed by atoms with Gasteiger partial charge >= 0.3 is 0 Å². The Bertz CT molecular complexity index is 1080. The summed E-state index contributed by atoms with van der Waals surface area (Å²) in [5, 5.41) is 10.4. The molecule has 0 aliphatic carbocycles. The lowest BCUT2D eigenvalue weighted by Gasteiger charge is -2.31. The number of carbonyl (C=O) groups is 2. The van der Waals surface area contributed by atoms with Gasteiger partial charge in [0.25, 0.3) is 0 Å². The average molecular weight is 358 g/mol. The SMILES string of the molecule is CCc1ccc(-n2ncc3c2NC(=O)C[C@@]32C(=O)Nc3ccccc32)cc1. The second-order valence-electron chi connectivity index (χ2n) is 6.97. The molecule has 0 radical (unpaired) electrons. The molecule has 5 rings (SSSR count). The number of para-hydroxylation sites is 1. The van der Waals surface area contributed by atoms with Crippen LogP contribution < -0.4 is 10.6 Å². The fourth-order valence-corrected chi connectivity index (χ4v) is 4.12. The standard InChI is InChI=1S/C21H18N4O2/c1-2-13-7-9-14(10-8-13)25-19-16(12-22-25)21(11-18(26)24-19)15-5-3-4-6-17(15)23-20(21)27/h3-10,12H,2,11H2,1H3,(H,23,27)(H,24,26)/t21-/m0/s1. The van der Waals surface area contributed by atoms with Crippen LogP contribution in [0.15, 0.2) is 54.7 Å². The van der Waals surface area contributed by atoms with E-state index < -0.39 is 5.41 Å². The Labute approximate surface area is 156 Å². The number of nitrogens with zero attached hydrogens (tertiary/aromatic N) is 2. The van der Waals surface area contributed by atoms with Crippen molar-refractivity contribution >= 4 is 23.3 Å². The number of amides is 2. The molecule has 2 aliphatic rings. The molecule has 0 bridgehead atoms. The minimum absolute atomic E-state index is 0.0727. The van der Waals surface area contributed by atoms with Gasteiger partial charge in [-0.25, -0.2) is 4.68 Å². The lowest BCUT2D eigenvalue weighted by atomic mass is 9.72. The Kier molecular flexibility index (Phi) is 3.25. The third kappa shape index (κ3) is 2.10. The predicted molar refractivity (Wildman–Crippen MR) is 102 cm³/mol. The summed E-state index contributed by atoms with van der Waals surface area (Å²) in [5.41, 5.74) is 3.34. The molecule has 3 heterocycles. The van der Waals surface area contributed by atoms with Crippen molar-refractivity contribution in [1.82, 2.24) is 9.78 Å². The molecule has 6 nitrogen and oxygen atoms in total. The van der Waals surface area contributed by atoms with Crippen LogP contribution in [0, 0.1) is 0 Å². The molecule has 6 heteroatoms. The number of aryl methyl sites for hydroxylation is 1. The van der Waals surface area contributed by atoms with Gasteiger partial charge in [-0.15, -0.1) is 0 Å². The Morgan fingerprint density at radius 3 is 2.59 bits per heavy atom. The molecule has 1 aromatic heterocycles. The monoisotopic (exact) mass is 358 g/mol. The van der Waals surface area contributed by atoms with Gasteiger partial charge in [-0.05, 0) is 35.7 Å². The lowest BCUT2D eigenvalue weighted by Crippen LogP contribution is -2.43. The summed E-state index contributed by atoms with van der Waals surface area (Å²) in [4.78, 5) is 25.6. The summed E-state index contributed by atoms with van der Waals surface area (Å²) < 4.78 is 1.70. The lowest BCUT2D eigenvalue weighted by molar-refractivity contribution is -0.125. The van der Waals surface area contributed by atoms with E-state index in [-0.39, 0.29) is 18.2 Å². The van der Waals surface area contributed by atoms with Crippen molar-refractivity contribution in [2.75, 3.05) is 10.6 Å². The quantitative estimate of drug-likeness (QED) is 0.739. The Morgan fingerprint density at radius 2 is 1.81 bits per heavy atom. The van der Waals surface area contributed by atoms with Crippen molar-refractivity contribution < 1.29 is 9.59 Å². The molecule has 2 N–H and O–H groups in total. The van der Waals surface area contributed by atoms with Gasteiger partial charge in [0, 0.05) is 17.7 Å². The fraction of sp³-hybridized carbons (Fsp3) is 0.190. The number of nitrogens with one attached hydrogen (secondary N) is 2. The number of anilines is 2. The van der Waals surface area contributed by atoms with Gasteiger partial charge in [-0.2, -0.15) is 5.10 Å². The van der Waals surface area contributed by atoms with Gasteiger partial charge in [0.1, 0.15) is 11.2 Å². The van der Waals surface area contributed by atoms with E-state index >= 15 is 0 Å². The third-order valence-electron chi connectivity index (χ3n) is 5.52. The van der Waals surface area contributed by atoms with Gasteiger partial charge in [-0.1, -0.05) is 37.3 Å². The number of benzene rings is 2. The molecule has 0 saturated carbocycles. The van der Waals surface area contributed by atoms with E-state index in [4.69, 9.17) is 0 Å². The summed E-state index contributed by atoms with van der Waals surface area (Å²) in [7, 11) is 0. The molecule has 1 spiro atoms. The summed E-state index contributed by atoms with van der Waals surface area (Å²) in [6.07, 6.45) is 2.72. The van der Waals surface area contributed by atoms with Crippen LogP contribution >= 0.6 is 0 Å². The number of hydrogen-bond donors (Lipinski definition) is 2. The van der Waals surface area contributed by atoms with Crippen molar-refractivity contribution in [3.05, 3.63) is 71.4 Å². The first kappa shape index (κ1) is 15.8. The van der Waals surface area contributed by atoms with Gasteiger partial charge in [0.05, 0.1) is 11.9 Å². The smallest absolute Gasteiger partial charge is 0.240 e. The fourth-order valence-electron chi connectivity index (χ4n) is 4.12. The van der Waals surface area contributed by atoms with Crippen LogP contribution in [0.5, 0.6) is 0 Å². The van der Waals surface area contributed by atoms with Crippen LogP contribution in [0.4, 0.5) is 11.5 Å². The minimum Gasteiger partial charge on any atom is -0.325 e. The van der Waals surface area contributed by atoms with Crippen molar-refractivity contribution in [1.29, 1.82) is 0 Å². The maximum atomic E-state index is 13.0. The van der Waals surface area contributed by atoms with Crippen molar-refractivity contribution in [2.24, 2.45) is 0 Å². The second-order valence-corrected chi connectivity index (χ2v) is 6.97. The molecule has 0 fully saturated rings. The molecule has 134 valence electrons. The second kappa shape index (κ2) is 5.54. The average Bonchev–Trinajstić information content (AvgIpc) is 3.22. The van der Waals surface area contributed by atoms with Gasteiger partial charge < -0.3 is 10.6 Å². The molecule has 0 saturated heterocycles. The highest BCUT2D eigenvalue weighted by Crippen LogP contribution is 2.49. The molecule has 0 unspecified atom stereocenters. The van der Waals surface area contributed by atoms with Gasteiger partial charge in [0.2, 0.25) is 11.8 Å². The zero-order valence-corrected chi connectivity index (χ0v) is 14.8. The minimum atomic E-state index is -1.03. The first-order valence-corrected chi connectivity index (χ1v) is 9.02. The molecule has 1 atom stereocenters. The Morgan fingerprint density at radius 1 is 1.04 bits per heavy atom. The van der Waals surface area contributed by atoms with E-state index in [1.165, 1.54) is 5.56 Å². The number of carbonyl (C=O) groups excluding carboxylic acids is 2. The van der Waals surface area contributed by atoms with Gasteiger partial charge in [-0.3, -0.25) is 9.59 Å². The first-order chi connectivity index (χ1) is 13.1. The molecule has 27 heavy (non-hydrogen) atoms. The highest BCUT2D eigenvalue weighted by molar-refractivity contribution is 6.14. The van der Waals surface area contributed by atoms with Gasteiger partial charge in [0.15, 0.2) is 0 Å². The van der Waals surface area contributed by atoms with Crippen molar-refractivity contribution in [2.45, 2.75) is 25.2 Å². The third-order valence-corrected chi connectivity index (χ3v) is 5.52. The van der Waals surface area contributed by atoms with E-state index in [2.05, 4.69) is 22.7 Å². The van der Waals surface area contributed by atoms with E-state index in [0.717, 1.165) is 28.9 Å². The number of fused-ring (bicyclic) bond motifs is 4. The Balaban J connectivity index is 1.71. The molecule has 2 aliphatic heterocycles.